The van der Waals surface area contributed by atoms with Gasteiger partial charge in [-0.3, -0.25) is 0 Å². The maximum absolute atomic E-state index is 14.8. The van der Waals surface area contributed by atoms with E-state index >= 15 is 0 Å². The van der Waals surface area contributed by atoms with Gasteiger partial charge in [0.15, 0.2) is 0 Å². The quantitative estimate of drug-likeness (QED) is 0.139. The van der Waals surface area contributed by atoms with Crippen LogP contribution in [0.2, 0.25) is 0 Å². The zero-order valence-electron chi connectivity index (χ0n) is 23.9. The summed E-state index contributed by atoms with van der Waals surface area (Å²) in [6.07, 6.45) is 5.75. The molecule has 0 saturated heterocycles. The monoisotopic (exact) mass is 562 g/mol. The molecule has 3 aromatic carbocycles. The maximum atomic E-state index is 14.8. The number of halogens is 2. The number of rotatable bonds is 11. The molecular weight excluding hydrogens is 522 g/mol. The van der Waals surface area contributed by atoms with Crippen molar-refractivity contribution in [1.29, 1.82) is 0 Å². The van der Waals surface area contributed by atoms with Gasteiger partial charge in [0.25, 0.3) is 0 Å². The van der Waals surface area contributed by atoms with Crippen molar-refractivity contribution in [2.24, 2.45) is 11.8 Å². The number of hydrogen-bond acceptors (Lipinski definition) is 5. The van der Waals surface area contributed by atoms with Gasteiger partial charge < -0.3 is 20.9 Å². The molecule has 7 heteroatoms. The Kier molecular flexibility index (Phi) is 10.0. The van der Waals surface area contributed by atoms with Gasteiger partial charge in [-0.05, 0) is 109 Å². The summed E-state index contributed by atoms with van der Waals surface area (Å²) in [5, 5.41) is 0. The molecule has 0 spiro atoms. The van der Waals surface area contributed by atoms with Gasteiger partial charge in [-0.15, -0.1) is 0 Å². The second-order valence-corrected chi connectivity index (χ2v) is 11.0. The van der Waals surface area contributed by atoms with E-state index in [9.17, 15) is 13.6 Å². The summed E-state index contributed by atoms with van der Waals surface area (Å²) in [4.78, 5) is 12.5. The van der Waals surface area contributed by atoms with Gasteiger partial charge >= 0.3 is 12.1 Å². The van der Waals surface area contributed by atoms with Gasteiger partial charge in [0.05, 0.1) is 5.92 Å². The van der Waals surface area contributed by atoms with Gasteiger partial charge in [0, 0.05) is 17.5 Å². The van der Waals surface area contributed by atoms with Crippen molar-refractivity contribution in [1.82, 2.24) is 0 Å². The van der Waals surface area contributed by atoms with Crippen molar-refractivity contribution in [3.05, 3.63) is 83.4 Å². The molecular formula is C34H40F2N2O3. The molecule has 3 aromatic rings. The predicted molar refractivity (Wildman–Crippen MR) is 161 cm³/mol. The Morgan fingerprint density at radius 1 is 0.951 bits per heavy atom. The van der Waals surface area contributed by atoms with E-state index in [1.807, 2.05) is 31.2 Å². The molecule has 0 atom stereocenters. The molecule has 0 radical (unpaired) electrons. The third-order valence-electron chi connectivity index (χ3n) is 7.87. The van der Waals surface area contributed by atoms with E-state index in [1.165, 1.54) is 18.2 Å². The van der Waals surface area contributed by atoms with Gasteiger partial charge in [-0.25, -0.2) is 4.79 Å². The van der Waals surface area contributed by atoms with Gasteiger partial charge in [-0.1, -0.05) is 50.5 Å². The van der Waals surface area contributed by atoms with E-state index in [0.29, 0.717) is 35.7 Å². The Hall–Kier alpha value is -3.87. The first kappa shape index (κ1) is 30.1. The molecule has 1 saturated carbocycles. The molecule has 1 aliphatic rings. The van der Waals surface area contributed by atoms with Gasteiger partial charge in [-0.2, -0.15) is 8.78 Å². The number of aryl methyl sites for hydroxylation is 1. The van der Waals surface area contributed by atoms with E-state index < -0.39 is 18.0 Å². The molecule has 1 fully saturated rings. The van der Waals surface area contributed by atoms with Crippen LogP contribution in [0.3, 0.4) is 0 Å². The number of unbranched alkanes of at least 4 members (excludes halogenated alkanes) is 1. The number of nitrogens with two attached hydrogens (primary N) is 2. The van der Waals surface area contributed by atoms with Crippen LogP contribution in [0.25, 0.3) is 17.2 Å². The maximum Gasteiger partial charge on any atom is 0.400 e. The minimum atomic E-state index is -3.21. The van der Waals surface area contributed by atoms with E-state index in [1.54, 1.807) is 30.3 Å². The molecule has 1 aliphatic carbocycles. The molecule has 0 unspecified atom stereocenters. The SMILES string of the molecule is CCCCC1CCC(C(F)(F)Oc2ccc(/C=C/C(=O)OCc3cc(N)ccc3-c3ccc(N)cc3C)cc2)CC1. The van der Waals surface area contributed by atoms with Crippen molar-refractivity contribution in [2.75, 3.05) is 11.5 Å². The summed E-state index contributed by atoms with van der Waals surface area (Å²) in [7, 11) is 0. The topological polar surface area (TPSA) is 87.6 Å². The first-order valence-electron chi connectivity index (χ1n) is 14.4. The van der Waals surface area contributed by atoms with Crippen LogP contribution in [0.15, 0.2) is 66.7 Å². The van der Waals surface area contributed by atoms with Crippen LogP contribution in [0, 0.1) is 18.8 Å². The molecule has 5 nitrogen and oxygen atoms in total. The highest BCUT2D eigenvalue weighted by Gasteiger charge is 2.43. The summed E-state index contributed by atoms with van der Waals surface area (Å²) in [6, 6.07) is 17.4. The minimum absolute atomic E-state index is 0.0374. The number of nitrogen functional groups attached to an aromatic ring is 2. The number of hydrogen-bond donors (Lipinski definition) is 2. The molecule has 218 valence electrons. The fourth-order valence-corrected chi connectivity index (χ4v) is 5.51. The van der Waals surface area contributed by atoms with Gasteiger partial charge in [0.1, 0.15) is 12.4 Å². The number of benzene rings is 3. The third kappa shape index (κ3) is 8.32. The Morgan fingerprint density at radius 3 is 2.27 bits per heavy atom. The van der Waals surface area contributed by atoms with Crippen LogP contribution in [0.4, 0.5) is 20.2 Å². The second-order valence-electron chi connectivity index (χ2n) is 11.0. The number of carbonyl (C=O) groups excluding carboxylic acids is 1. The zero-order valence-corrected chi connectivity index (χ0v) is 23.9. The molecule has 4 rings (SSSR count). The largest absolute Gasteiger partial charge is 0.458 e. The van der Waals surface area contributed by atoms with Crippen molar-refractivity contribution >= 4 is 23.4 Å². The fourth-order valence-electron chi connectivity index (χ4n) is 5.51. The van der Waals surface area contributed by atoms with Crippen LogP contribution in [0.1, 0.15) is 68.6 Å². The summed E-state index contributed by atoms with van der Waals surface area (Å²) in [6.45, 7) is 4.16. The van der Waals surface area contributed by atoms with Crippen LogP contribution < -0.4 is 16.2 Å². The average Bonchev–Trinajstić information content (AvgIpc) is 2.95. The van der Waals surface area contributed by atoms with E-state index in [2.05, 4.69) is 6.92 Å². The standard InChI is InChI=1S/C34H40F2N2O3/c1-3-4-5-24-6-11-27(12-7-24)34(35,36)41-30-15-8-25(9-16-30)10-19-33(39)40-22-26-21-29(38)14-18-32(26)31-17-13-28(37)20-23(31)2/h8-10,13-21,24,27H,3-7,11-12,22,37-38H2,1-2H3/b19-10+. The highest BCUT2D eigenvalue weighted by Crippen LogP contribution is 2.41. The molecule has 0 bridgehead atoms. The Bertz CT molecular complexity index is 1350. The zero-order chi connectivity index (χ0) is 29.4. The Labute approximate surface area is 241 Å². The number of carbonyl (C=O) groups is 1. The normalized spacial score (nSPS) is 17.5. The van der Waals surface area contributed by atoms with Crippen LogP contribution in [0.5, 0.6) is 5.75 Å². The van der Waals surface area contributed by atoms with Crippen molar-refractivity contribution in [3.8, 4) is 16.9 Å². The molecule has 41 heavy (non-hydrogen) atoms. The second kappa shape index (κ2) is 13.7. The van der Waals surface area contributed by atoms with E-state index in [0.717, 1.165) is 54.4 Å². The number of alkyl halides is 2. The lowest BCUT2D eigenvalue weighted by Gasteiger charge is -2.33. The number of anilines is 2. The molecule has 0 heterocycles. The summed E-state index contributed by atoms with van der Waals surface area (Å²) in [5.41, 5.74) is 17.5. The number of ether oxygens (including phenoxy) is 2. The van der Waals surface area contributed by atoms with Crippen molar-refractivity contribution in [3.63, 3.8) is 0 Å². The van der Waals surface area contributed by atoms with Crippen molar-refractivity contribution < 1.29 is 23.0 Å². The smallest absolute Gasteiger partial charge is 0.400 e. The predicted octanol–water partition coefficient (Wildman–Crippen LogP) is 8.55. The molecule has 0 aromatic heterocycles. The van der Waals surface area contributed by atoms with Crippen molar-refractivity contribution in [2.45, 2.75) is 71.5 Å². The van der Waals surface area contributed by atoms with E-state index in [4.69, 9.17) is 20.9 Å². The fraction of sp³-hybridized carbons (Fsp3) is 0.382. The Balaban J connectivity index is 1.31. The minimum Gasteiger partial charge on any atom is -0.458 e. The summed E-state index contributed by atoms with van der Waals surface area (Å²) >= 11 is 0. The molecule has 0 aliphatic heterocycles. The highest BCUT2D eigenvalue weighted by atomic mass is 19.3. The average molecular weight is 563 g/mol. The van der Waals surface area contributed by atoms with Crippen LogP contribution in [-0.4, -0.2) is 12.1 Å². The lowest BCUT2D eigenvalue weighted by molar-refractivity contribution is -0.223. The lowest BCUT2D eigenvalue weighted by atomic mass is 9.79. The van der Waals surface area contributed by atoms with Crippen LogP contribution >= 0.6 is 0 Å². The number of esters is 1. The lowest BCUT2D eigenvalue weighted by Crippen LogP contribution is -2.37. The molecule has 4 N–H and O–H groups in total. The molecule has 0 amide bonds. The summed E-state index contributed by atoms with van der Waals surface area (Å²) in [5.74, 6) is -0.636. The highest BCUT2D eigenvalue weighted by molar-refractivity contribution is 5.87. The van der Waals surface area contributed by atoms with Gasteiger partial charge in [0.2, 0.25) is 0 Å². The summed E-state index contributed by atoms with van der Waals surface area (Å²) < 4.78 is 40.3. The first-order valence-corrected chi connectivity index (χ1v) is 14.4. The third-order valence-corrected chi connectivity index (χ3v) is 7.87. The first-order chi connectivity index (χ1) is 19.6. The van der Waals surface area contributed by atoms with Crippen LogP contribution in [-0.2, 0) is 16.1 Å². The Morgan fingerprint density at radius 2 is 1.61 bits per heavy atom. The van der Waals surface area contributed by atoms with E-state index in [-0.39, 0.29) is 12.4 Å².